The first-order chi connectivity index (χ1) is 4.43. The first-order valence-electron chi connectivity index (χ1n) is 3.93. The van der Waals surface area contributed by atoms with Crippen molar-refractivity contribution in [3.8, 4) is 0 Å². The van der Waals surface area contributed by atoms with Crippen LogP contribution in [0.4, 0.5) is 0 Å². The lowest BCUT2D eigenvalue weighted by Crippen LogP contribution is -2.13. The summed E-state index contributed by atoms with van der Waals surface area (Å²) in [6.07, 6.45) is 5.77. The molecule has 1 saturated carbocycles. The van der Waals surface area contributed by atoms with E-state index in [1.165, 1.54) is 32.2 Å². The highest BCUT2D eigenvalue weighted by Crippen LogP contribution is 2.33. The first-order valence-corrected chi connectivity index (χ1v) is 3.93. The molecule has 0 amide bonds. The molecule has 0 heterocycles. The van der Waals surface area contributed by atoms with Gasteiger partial charge in [-0.05, 0) is 38.8 Å². The van der Waals surface area contributed by atoms with Crippen molar-refractivity contribution >= 4 is 0 Å². The van der Waals surface area contributed by atoms with E-state index >= 15 is 0 Å². The van der Waals surface area contributed by atoms with Crippen LogP contribution in [0.15, 0.2) is 0 Å². The predicted octanol–water partition coefficient (Wildman–Crippen LogP) is 1.60. The molecular weight excluding hydrogens is 110 g/mol. The maximum Gasteiger partial charge on any atom is -0.00484 e. The molecule has 0 atom stereocenters. The van der Waals surface area contributed by atoms with E-state index < -0.39 is 0 Å². The average Bonchev–Trinajstić information content (AvgIpc) is 2.63. The molecule has 53 valence electrons. The molecule has 0 saturated heterocycles. The number of hydrogen-bond donors (Lipinski definition) is 1. The minimum Gasteiger partial charge on any atom is -0.317 e. The van der Waals surface area contributed by atoms with Crippen LogP contribution in [0.2, 0.25) is 0 Å². The zero-order valence-corrected chi connectivity index (χ0v) is 6.03. The van der Waals surface area contributed by atoms with E-state index in [1.807, 2.05) is 0 Å². The van der Waals surface area contributed by atoms with Gasteiger partial charge in [0.15, 0.2) is 0 Å². The SMILES string of the molecule is [CH2]CNCCCC1CC1. The topological polar surface area (TPSA) is 12.0 Å². The van der Waals surface area contributed by atoms with Gasteiger partial charge in [-0.3, -0.25) is 0 Å². The summed E-state index contributed by atoms with van der Waals surface area (Å²) < 4.78 is 0. The highest BCUT2D eigenvalue weighted by atomic mass is 14.8. The van der Waals surface area contributed by atoms with Crippen LogP contribution >= 0.6 is 0 Å². The lowest BCUT2D eigenvalue weighted by Gasteiger charge is -1.98. The Labute approximate surface area is 57.8 Å². The monoisotopic (exact) mass is 126 g/mol. The fourth-order valence-electron chi connectivity index (χ4n) is 1.05. The van der Waals surface area contributed by atoms with Crippen molar-refractivity contribution in [1.82, 2.24) is 5.32 Å². The fourth-order valence-corrected chi connectivity index (χ4v) is 1.05. The second-order valence-electron chi connectivity index (χ2n) is 2.84. The molecule has 0 aromatic rings. The maximum atomic E-state index is 3.71. The summed E-state index contributed by atoms with van der Waals surface area (Å²) in [5.41, 5.74) is 0. The average molecular weight is 126 g/mol. The molecule has 1 aliphatic carbocycles. The van der Waals surface area contributed by atoms with Gasteiger partial charge in [0.05, 0.1) is 0 Å². The van der Waals surface area contributed by atoms with Crippen molar-refractivity contribution in [1.29, 1.82) is 0 Å². The molecule has 1 nitrogen and oxygen atoms in total. The van der Waals surface area contributed by atoms with Crippen LogP contribution < -0.4 is 5.32 Å². The highest BCUT2D eigenvalue weighted by Gasteiger charge is 2.19. The Morgan fingerprint density at radius 3 is 2.78 bits per heavy atom. The van der Waals surface area contributed by atoms with Crippen LogP contribution in [0, 0.1) is 12.8 Å². The van der Waals surface area contributed by atoms with Crippen molar-refractivity contribution in [2.24, 2.45) is 5.92 Å². The van der Waals surface area contributed by atoms with Crippen molar-refractivity contribution in [3.05, 3.63) is 6.92 Å². The molecule has 0 unspecified atom stereocenters. The van der Waals surface area contributed by atoms with Gasteiger partial charge in [-0.25, -0.2) is 0 Å². The third-order valence-corrected chi connectivity index (χ3v) is 1.84. The van der Waals surface area contributed by atoms with Gasteiger partial charge in [-0.1, -0.05) is 12.8 Å². The molecule has 0 bridgehead atoms. The van der Waals surface area contributed by atoms with Gasteiger partial charge in [0.2, 0.25) is 0 Å². The zero-order valence-electron chi connectivity index (χ0n) is 6.03. The van der Waals surface area contributed by atoms with Crippen LogP contribution in [0.3, 0.4) is 0 Å². The molecule has 9 heavy (non-hydrogen) atoms. The van der Waals surface area contributed by atoms with Crippen molar-refractivity contribution in [2.75, 3.05) is 13.1 Å². The normalized spacial score (nSPS) is 18.3. The number of nitrogens with one attached hydrogen (secondary N) is 1. The smallest absolute Gasteiger partial charge is 0.00484 e. The van der Waals surface area contributed by atoms with Gasteiger partial charge in [-0.2, -0.15) is 0 Å². The highest BCUT2D eigenvalue weighted by molar-refractivity contribution is 4.72. The summed E-state index contributed by atoms with van der Waals surface area (Å²) in [6, 6.07) is 0. The summed E-state index contributed by atoms with van der Waals surface area (Å²) in [5.74, 6) is 1.09. The van der Waals surface area contributed by atoms with Crippen molar-refractivity contribution in [2.45, 2.75) is 25.7 Å². The zero-order chi connectivity index (χ0) is 6.53. The van der Waals surface area contributed by atoms with Crippen LogP contribution in [-0.2, 0) is 0 Å². The Hall–Kier alpha value is -0.0400. The summed E-state index contributed by atoms with van der Waals surface area (Å²) in [4.78, 5) is 0. The molecule has 0 aliphatic heterocycles. The van der Waals surface area contributed by atoms with Gasteiger partial charge >= 0.3 is 0 Å². The Morgan fingerprint density at radius 1 is 1.44 bits per heavy atom. The molecular formula is C8H16N. The standard InChI is InChI=1S/C8H16N/c1-2-9-7-3-4-8-5-6-8/h8-9H,1-7H2. The van der Waals surface area contributed by atoms with E-state index in [1.54, 1.807) is 0 Å². The Bertz CT molecular complexity index is 67.0. The second kappa shape index (κ2) is 3.89. The van der Waals surface area contributed by atoms with E-state index in [4.69, 9.17) is 0 Å². The quantitative estimate of drug-likeness (QED) is 0.552. The van der Waals surface area contributed by atoms with Crippen molar-refractivity contribution in [3.63, 3.8) is 0 Å². The summed E-state index contributed by atoms with van der Waals surface area (Å²) in [5, 5.41) is 3.22. The first kappa shape index (κ1) is 7.07. The van der Waals surface area contributed by atoms with Crippen LogP contribution in [0.5, 0.6) is 0 Å². The van der Waals surface area contributed by atoms with Crippen LogP contribution in [0.1, 0.15) is 25.7 Å². The Balaban J connectivity index is 1.71. The fraction of sp³-hybridized carbons (Fsp3) is 0.875. The van der Waals surface area contributed by atoms with E-state index in [2.05, 4.69) is 12.2 Å². The lowest BCUT2D eigenvalue weighted by atomic mass is 10.2. The molecule has 0 aromatic heterocycles. The third kappa shape index (κ3) is 3.52. The Morgan fingerprint density at radius 2 is 2.22 bits per heavy atom. The van der Waals surface area contributed by atoms with Gasteiger partial charge in [0.25, 0.3) is 0 Å². The molecule has 0 spiro atoms. The van der Waals surface area contributed by atoms with Crippen LogP contribution in [-0.4, -0.2) is 13.1 Å². The van der Waals surface area contributed by atoms with E-state index in [0.717, 1.165) is 12.5 Å². The summed E-state index contributed by atoms with van der Waals surface area (Å²) in [7, 11) is 0. The Kier molecular flexibility index (Phi) is 3.05. The van der Waals surface area contributed by atoms with Gasteiger partial charge in [0.1, 0.15) is 0 Å². The van der Waals surface area contributed by atoms with Crippen molar-refractivity contribution < 1.29 is 0 Å². The summed E-state index contributed by atoms with van der Waals surface area (Å²) >= 11 is 0. The molecule has 1 radical (unpaired) electrons. The molecule has 1 heteroatoms. The van der Waals surface area contributed by atoms with Gasteiger partial charge in [-0.15, -0.1) is 0 Å². The minimum atomic E-state index is 0.880. The molecule has 1 rings (SSSR count). The second-order valence-corrected chi connectivity index (χ2v) is 2.84. The number of rotatable bonds is 5. The maximum absolute atomic E-state index is 3.71. The van der Waals surface area contributed by atoms with Gasteiger partial charge in [0, 0.05) is 0 Å². The van der Waals surface area contributed by atoms with Gasteiger partial charge < -0.3 is 5.32 Å². The van der Waals surface area contributed by atoms with Crippen LogP contribution in [0.25, 0.3) is 0 Å². The lowest BCUT2D eigenvalue weighted by molar-refractivity contribution is 0.616. The molecule has 0 aromatic carbocycles. The molecule has 1 N–H and O–H groups in total. The molecule has 1 aliphatic rings. The van der Waals surface area contributed by atoms with E-state index in [0.29, 0.717) is 0 Å². The largest absolute Gasteiger partial charge is 0.317 e. The van der Waals surface area contributed by atoms with E-state index in [-0.39, 0.29) is 0 Å². The third-order valence-electron chi connectivity index (χ3n) is 1.84. The molecule has 1 fully saturated rings. The number of hydrogen-bond acceptors (Lipinski definition) is 1. The van der Waals surface area contributed by atoms with E-state index in [9.17, 15) is 0 Å². The minimum absolute atomic E-state index is 0.880. The summed E-state index contributed by atoms with van der Waals surface area (Å²) in [6.45, 7) is 5.75. The predicted molar refractivity (Wildman–Crippen MR) is 40.2 cm³/mol.